The van der Waals surface area contributed by atoms with Gasteiger partial charge in [-0.3, -0.25) is 9.69 Å². The van der Waals surface area contributed by atoms with Crippen LogP contribution in [0.1, 0.15) is 13.3 Å². The minimum absolute atomic E-state index is 0.00504. The lowest BCUT2D eigenvalue weighted by atomic mass is 10.2. The van der Waals surface area contributed by atoms with E-state index < -0.39 is 5.97 Å². The maximum Gasteiger partial charge on any atom is 0.324 e. The van der Waals surface area contributed by atoms with Gasteiger partial charge in [0.25, 0.3) is 0 Å². The third kappa shape index (κ3) is 3.91. The first-order valence-electron chi connectivity index (χ1n) is 7.06. The van der Waals surface area contributed by atoms with E-state index in [1.807, 2.05) is 37.3 Å². The molecule has 0 spiro atoms. The van der Waals surface area contributed by atoms with Crippen LogP contribution >= 0.6 is 11.8 Å². The summed E-state index contributed by atoms with van der Waals surface area (Å²) in [4.78, 5) is 27.2. The van der Waals surface area contributed by atoms with E-state index in [0.29, 0.717) is 18.8 Å². The lowest BCUT2D eigenvalue weighted by molar-refractivity contribution is -0.137. The molecule has 1 aliphatic heterocycles. The second-order valence-electron chi connectivity index (χ2n) is 4.88. The molecule has 1 aromatic carbocycles. The smallest absolute Gasteiger partial charge is 0.324 e. The Bertz CT molecular complexity index is 495. The zero-order chi connectivity index (χ0) is 15.2. The molecule has 1 saturated heterocycles. The predicted molar refractivity (Wildman–Crippen MR) is 84.9 cm³/mol. The normalized spacial score (nSPS) is 18.3. The molecule has 5 nitrogen and oxygen atoms in total. The van der Waals surface area contributed by atoms with E-state index in [4.69, 9.17) is 5.11 Å². The predicted octanol–water partition coefficient (Wildman–Crippen LogP) is 2.53. The molecule has 0 bridgehead atoms. The highest BCUT2D eigenvalue weighted by molar-refractivity contribution is 7.99. The monoisotopic (exact) mass is 308 g/mol. The number of thioether (sulfide) groups is 1. The van der Waals surface area contributed by atoms with Gasteiger partial charge >= 0.3 is 12.0 Å². The molecule has 1 heterocycles. The average molecular weight is 308 g/mol. The molecule has 1 N–H and O–H groups in total. The zero-order valence-corrected chi connectivity index (χ0v) is 12.9. The summed E-state index contributed by atoms with van der Waals surface area (Å²) in [7, 11) is 0. The number of amides is 2. The van der Waals surface area contributed by atoms with Crippen molar-refractivity contribution in [1.82, 2.24) is 4.90 Å². The van der Waals surface area contributed by atoms with E-state index in [1.165, 1.54) is 0 Å². The number of anilines is 1. The molecule has 1 aliphatic rings. The summed E-state index contributed by atoms with van der Waals surface area (Å²) in [6.45, 7) is 3.09. The lowest BCUT2D eigenvalue weighted by Gasteiger charge is -2.38. The molecular formula is C15H20N2O3S. The van der Waals surface area contributed by atoms with Gasteiger partial charge in [0.2, 0.25) is 0 Å². The number of urea groups is 1. The van der Waals surface area contributed by atoms with Gasteiger partial charge < -0.3 is 10.0 Å². The van der Waals surface area contributed by atoms with Crippen molar-refractivity contribution in [2.24, 2.45) is 0 Å². The molecule has 0 saturated carbocycles. The number of nitrogens with zero attached hydrogens (tertiary/aromatic N) is 2. The van der Waals surface area contributed by atoms with E-state index >= 15 is 0 Å². The Labute approximate surface area is 128 Å². The first-order valence-corrected chi connectivity index (χ1v) is 8.21. The number of para-hydroxylation sites is 1. The number of carbonyl (C=O) groups is 2. The van der Waals surface area contributed by atoms with Crippen molar-refractivity contribution < 1.29 is 14.7 Å². The SMILES string of the molecule is CCN(C(=O)N1CCSCC1CC(=O)O)c1ccccc1. The Balaban J connectivity index is 2.16. The Morgan fingerprint density at radius 2 is 2.10 bits per heavy atom. The molecular weight excluding hydrogens is 288 g/mol. The highest BCUT2D eigenvalue weighted by Gasteiger charge is 2.31. The van der Waals surface area contributed by atoms with Gasteiger partial charge in [-0.15, -0.1) is 0 Å². The van der Waals surface area contributed by atoms with Crippen LogP contribution in [0.5, 0.6) is 0 Å². The maximum atomic E-state index is 12.8. The van der Waals surface area contributed by atoms with Gasteiger partial charge in [-0.05, 0) is 19.1 Å². The molecule has 1 unspecified atom stereocenters. The van der Waals surface area contributed by atoms with Gasteiger partial charge in [-0.1, -0.05) is 18.2 Å². The molecule has 1 fully saturated rings. The molecule has 1 atom stereocenters. The van der Waals surface area contributed by atoms with Crippen LogP contribution in [0.15, 0.2) is 30.3 Å². The van der Waals surface area contributed by atoms with E-state index in [0.717, 1.165) is 11.4 Å². The van der Waals surface area contributed by atoms with Crippen molar-refractivity contribution in [1.29, 1.82) is 0 Å². The van der Waals surface area contributed by atoms with Crippen LogP contribution in [0.2, 0.25) is 0 Å². The summed E-state index contributed by atoms with van der Waals surface area (Å²) in [6, 6.07) is 9.16. The highest BCUT2D eigenvalue weighted by atomic mass is 32.2. The average Bonchev–Trinajstić information content (AvgIpc) is 2.49. The van der Waals surface area contributed by atoms with Gasteiger partial charge in [0.15, 0.2) is 0 Å². The second kappa shape index (κ2) is 7.36. The first-order chi connectivity index (χ1) is 10.1. The van der Waals surface area contributed by atoms with Gasteiger partial charge in [-0.25, -0.2) is 4.79 Å². The van der Waals surface area contributed by atoms with E-state index in [-0.39, 0.29) is 18.5 Å². The van der Waals surface area contributed by atoms with E-state index in [2.05, 4.69) is 0 Å². The van der Waals surface area contributed by atoms with Crippen LogP contribution in [0, 0.1) is 0 Å². The van der Waals surface area contributed by atoms with Crippen LogP contribution in [0.3, 0.4) is 0 Å². The molecule has 2 amide bonds. The number of aliphatic carboxylic acids is 1. The molecule has 6 heteroatoms. The van der Waals surface area contributed by atoms with Crippen molar-refractivity contribution in [2.75, 3.05) is 29.5 Å². The van der Waals surface area contributed by atoms with Crippen molar-refractivity contribution in [3.05, 3.63) is 30.3 Å². The zero-order valence-electron chi connectivity index (χ0n) is 12.1. The van der Waals surface area contributed by atoms with Crippen LogP contribution in [-0.2, 0) is 4.79 Å². The minimum Gasteiger partial charge on any atom is -0.481 e. The van der Waals surface area contributed by atoms with Crippen molar-refractivity contribution in [2.45, 2.75) is 19.4 Å². The van der Waals surface area contributed by atoms with Gasteiger partial charge in [0, 0.05) is 30.3 Å². The Hall–Kier alpha value is -1.69. The Kier molecular flexibility index (Phi) is 5.50. The lowest BCUT2D eigenvalue weighted by Crippen LogP contribution is -2.52. The van der Waals surface area contributed by atoms with Crippen LogP contribution in [0.25, 0.3) is 0 Å². The topological polar surface area (TPSA) is 60.9 Å². The minimum atomic E-state index is -0.858. The van der Waals surface area contributed by atoms with E-state index in [1.54, 1.807) is 21.6 Å². The van der Waals surface area contributed by atoms with Gasteiger partial charge in [0.1, 0.15) is 0 Å². The molecule has 0 aliphatic carbocycles. The summed E-state index contributed by atoms with van der Waals surface area (Å²) in [5.41, 5.74) is 0.845. The van der Waals surface area contributed by atoms with Crippen molar-refractivity contribution in [3.8, 4) is 0 Å². The summed E-state index contributed by atoms with van der Waals surface area (Å²) >= 11 is 1.71. The molecule has 0 radical (unpaired) electrons. The first kappa shape index (κ1) is 15.7. The molecule has 1 aromatic rings. The second-order valence-corrected chi connectivity index (χ2v) is 6.03. The fourth-order valence-corrected chi connectivity index (χ4v) is 3.53. The fraction of sp³-hybridized carbons (Fsp3) is 0.467. The van der Waals surface area contributed by atoms with E-state index in [9.17, 15) is 9.59 Å². The summed E-state index contributed by atoms with van der Waals surface area (Å²) < 4.78 is 0. The maximum absolute atomic E-state index is 12.8. The van der Waals surface area contributed by atoms with Gasteiger partial charge in [-0.2, -0.15) is 11.8 Å². The summed E-state index contributed by atoms with van der Waals surface area (Å²) in [6.07, 6.45) is 0.00504. The number of rotatable bonds is 4. The largest absolute Gasteiger partial charge is 0.481 e. The Morgan fingerprint density at radius 3 is 2.71 bits per heavy atom. The Morgan fingerprint density at radius 1 is 1.38 bits per heavy atom. The number of hydrogen-bond donors (Lipinski definition) is 1. The number of carboxylic acids is 1. The number of hydrogen-bond acceptors (Lipinski definition) is 3. The van der Waals surface area contributed by atoms with Crippen LogP contribution < -0.4 is 4.90 Å². The molecule has 21 heavy (non-hydrogen) atoms. The van der Waals surface area contributed by atoms with Gasteiger partial charge in [0.05, 0.1) is 12.5 Å². The summed E-state index contributed by atoms with van der Waals surface area (Å²) in [5.74, 6) is 0.682. The number of carbonyl (C=O) groups excluding carboxylic acids is 1. The van der Waals surface area contributed by atoms with Crippen LogP contribution in [0.4, 0.5) is 10.5 Å². The molecule has 2 rings (SSSR count). The van der Waals surface area contributed by atoms with Crippen molar-refractivity contribution >= 4 is 29.4 Å². The standard InChI is InChI=1S/C15H20N2O3S/c1-2-16(12-6-4-3-5-7-12)15(20)17-8-9-21-11-13(17)10-14(18)19/h3-7,13H,2,8-11H2,1H3,(H,18,19). The fourth-order valence-electron chi connectivity index (χ4n) is 2.47. The third-order valence-corrected chi connectivity index (χ3v) is 4.59. The number of benzene rings is 1. The summed E-state index contributed by atoms with van der Waals surface area (Å²) in [5, 5.41) is 9.02. The molecule has 114 valence electrons. The van der Waals surface area contributed by atoms with Crippen molar-refractivity contribution in [3.63, 3.8) is 0 Å². The quantitative estimate of drug-likeness (QED) is 0.928. The highest BCUT2D eigenvalue weighted by Crippen LogP contribution is 2.23. The number of carboxylic acid groups (broad SMARTS) is 1. The third-order valence-electron chi connectivity index (χ3n) is 3.50. The van der Waals surface area contributed by atoms with Crippen LogP contribution in [-0.4, -0.2) is 52.6 Å². The molecule has 0 aromatic heterocycles.